The Kier molecular flexibility index (Phi) is 5.18. The highest BCUT2D eigenvalue weighted by molar-refractivity contribution is 9.10. The summed E-state index contributed by atoms with van der Waals surface area (Å²) in [5.74, 6) is 0.472. The lowest BCUT2D eigenvalue weighted by atomic mass is 9.99. The molecule has 106 valence electrons. The number of benzene rings is 2. The van der Waals surface area contributed by atoms with Crippen molar-refractivity contribution in [1.82, 2.24) is 0 Å². The van der Waals surface area contributed by atoms with Crippen molar-refractivity contribution < 1.29 is 9.13 Å². The summed E-state index contributed by atoms with van der Waals surface area (Å²) in [6, 6.07) is 10.4. The molecular weight excluding hydrogens is 389 g/mol. The van der Waals surface area contributed by atoms with E-state index in [4.69, 9.17) is 10.5 Å². The van der Waals surface area contributed by atoms with Crippen LogP contribution >= 0.6 is 31.9 Å². The van der Waals surface area contributed by atoms with E-state index in [0.29, 0.717) is 10.9 Å². The molecule has 2 rings (SSSR count). The molecule has 2 aromatic carbocycles. The van der Waals surface area contributed by atoms with E-state index < -0.39 is 0 Å². The van der Waals surface area contributed by atoms with Gasteiger partial charge in [0, 0.05) is 10.5 Å². The topological polar surface area (TPSA) is 35.2 Å². The van der Waals surface area contributed by atoms with Gasteiger partial charge in [-0.05, 0) is 63.8 Å². The molecular formula is C15H14Br2FNO. The van der Waals surface area contributed by atoms with Crippen LogP contribution < -0.4 is 10.5 Å². The van der Waals surface area contributed by atoms with Gasteiger partial charge in [-0.2, -0.15) is 0 Å². The molecule has 0 bridgehead atoms. The Balaban J connectivity index is 2.22. The molecule has 0 amide bonds. The second kappa shape index (κ2) is 6.70. The summed E-state index contributed by atoms with van der Waals surface area (Å²) in [6.45, 7) is 0. The van der Waals surface area contributed by atoms with Crippen LogP contribution in [0.5, 0.6) is 5.75 Å². The molecule has 20 heavy (non-hydrogen) atoms. The van der Waals surface area contributed by atoms with Crippen LogP contribution in [0.3, 0.4) is 0 Å². The largest absolute Gasteiger partial charge is 0.497 e. The summed E-state index contributed by atoms with van der Waals surface area (Å²) in [7, 11) is 1.62. The van der Waals surface area contributed by atoms with E-state index in [-0.39, 0.29) is 11.9 Å². The first-order valence-corrected chi connectivity index (χ1v) is 7.63. The van der Waals surface area contributed by atoms with Gasteiger partial charge in [-0.3, -0.25) is 0 Å². The molecule has 0 aliphatic rings. The summed E-state index contributed by atoms with van der Waals surface area (Å²) >= 11 is 6.63. The fourth-order valence-electron chi connectivity index (χ4n) is 1.93. The van der Waals surface area contributed by atoms with Crippen LogP contribution in [0.4, 0.5) is 4.39 Å². The lowest BCUT2D eigenvalue weighted by molar-refractivity contribution is 0.414. The van der Waals surface area contributed by atoms with E-state index in [1.54, 1.807) is 13.2 Å². The van der Waals surface area contributed by atoms with E-state index in [1.807, 2.05) is 24.3 Å². The monoisotopic (exact) mass is 401 g/mol. The van der Waals surface area contributed by atoms with E-state index in [1.165, 1.54) is 6.07 Å². The number of hydrogen-bond acceptors (Lipinski definition) is 2. The zero-order chi connectivity index (χ0) is 14.7. The van der Waals surface area contributed by atoms with Crippen LogP contribution in [0.1, 0.15) is 17.2 Å². The van der Waals surface area contributed by atoms with Crippen molar-refractivity contribution in [2.45, 2.75) is 12.5 Å². The average molecular weight is 403 g/mol. The van der Waals surface area contributed by atoms with Gasteiger partial charge in [-0.15, -0.1) is 0 Å². The predicted molar refractivity (Wildman–Crippen MR) is 85.4 cm³/mol. The van der Waals surface area contributed by atoms with E-state index in [0.717, 1.165) is 21.3 Å². The van der Waals surface area contributed by atoms with Crippen molar-refractivity contribution in [1.29, 1.82) is 0 Å². The van der Waals surface area contributed by atoms with Crippen LogP contribution in [-0.2, 0) is 6.42 Å². The van der Waals surface area contributed by atoms with Crippen molar-refractivity contribution in [2.75, 3.05) is 7.11 Å². The molecule has 0 saturated carbocycles. The smallest absolute Gasteiger partial charge is 0.137 e. The third-order valence-electron chi connectivity index (χ3n) is 3.06. The number of hydrogen-bond donors (Lipinski definition) is 1. The van der Waals surface area contributed by atoms with Crippen LogP contribution in [0.25, 0.3) is 0 Å². The Hall–Kier alpha value is -0.910. The SMILES string of the molecule is COc1ccc(Br)c(CC(N)c2ccc(Br)c(F)c2)c1. The van der Waals surface area contributed by atoms with Gasteiger partial charge in [0.25, 0.3) is 0 Å². The molecule has 1 atom stereocenters. The van der Waals surface area contributed by atoms with Gasteiger partial charge in [-0.25, -0.2) is 4.39 Å². The molecule has 0 aliphatic carbocycles. The quantitative estimate of drug-likeness (QED) is 0.810. The molecule has 0 aromatic heterocycles. The van der Waals surface area contributed by atoms with Crippen LogP contribution in [0.2, 0.25) is 0 Å². The number of halogens is 3. The van der Waals surface area contributed by atoms with Crippen molar-refractivity contribution >= 4 is 31.9 Å². The van der Waals surface area contributed by atoms with Gasteiger partial charge in [0.15, 0.2) is 0 Å². The lowest BCUT2D eigenvalue weighted by Crippen LogP contribution is -2.14. The molecule has 2 aromatic rings. The highest BCUT2D eigenvalue weighted by Gasteiger charge is 2.12. The fraction of sp³-hybridized carbons (Fsp3) is 0.200. The normalized spacial score (nSPS) is 12.2. The first-order valence-electron chi connectivity index (χ1n) is 6.04. The van der Waals surface area contributed by atoms with Crippen LogP contribution in [-0.4, -0.2) is 7.11 Å². The Bertz CT molecular complexity index is 619. The first kappa shape index (κ1) is 15.5. The third kappa shape index (κ3) is 3.59. The van der Waals surface area contributed by atoms with E-state index in [2.05, 4.69) is 31.9 Å². The number of methoxy groups -OCH3 is 1. The Morgan fingerprint density at radius 1 is 1.15 bits per heavy atom. The molecule has 0 saturated heterocycles. The first-order chi connectivity index (χ1) is 9.51. The molecule has 5 heteroatoms. The molecule has 1 unspecified atom stereocenters. The van der Waals surface area contributed by atoms with Gasteiger partial charge < -0.3 is 10.5 Å². The molecule has 0 heterocycles. The Labute approximate surface area is 134 Å². The maximum atomic E-state index is 13.5. The zero-order valence-corrected chi connectivity index (χ0v) is 14.0. The molecule has 2 N–H and O–H groups in total. The number of nitrogens with two attached hydrogens (primary N) is 1. The van der Waals surface area contributed by atoms with Crippen LogP contribution in [0, 0.1) is 5.82 Å². The minimum absolute atomic E-state index is 0.277. The minimum atomic E-state index is -0.303. The molecule has 0 aliphatic heterocycles. The van der Waals surface area contributed by atoms with Gasteiger partial charge in [-0.1, -0.05) is 22.0 Å². The second-order valence-electron chi connectivity index (χ2n) is 4.44. The predicted octanol–water partition coefficient (Wildman–Crippen LogP) is 4.60. The van der Waals surface area contributed by atoms with Gasteiger partial charge in [0.05, 0.1) is 11.6 Å². The van der Waals surface area contributed by atoms with Gasteiger partial charge in [0.2, 0.25) is 0 Å². The lowest BCUT2D eigenvalue weighted by Gasteiger charge is -2.14. The Morgan fingerprint density at radius 3 is 2.50 bits per heavy atom. The molecule has 0 fully saturated rings. The van der Waals surface area contributed by atoms with Gasteiger partial charge in [0.1, 0.15) is 11.6 Å². The second-order valence-corrected chi connectivity index (χ2v) is 6.15. The van der Waals surface area contributed by atoms with Gasteiger partial charge >= 0.3 is 0 Å². The minimum Gasteiger partial charge on any atom is -0.497 e. The third-order valence-corrected chi connectivity index (χ3v) is 4.48. The standard InChI is InChI=1S/C15H14Br2FNO/c1-20-11-3-5-12(16)10(6-11)8-15(19)9-2-4-13(17)14(18)7-9/h2-7,15H,8,19H2,1H3. The summed E-state index contributed by atoms with van der Waals surface area (Å²) in [4.78, 5) is 0. The summed E-state index contributed by atoms with van der Waals surface area (Å²) in [5, 5.41) is 0. The fourth-order valence-corrected chi connectivity index (χ4v) is 2.59. The van der Waals surface area contributed by atoms with Crippen molar-refractivity contribution in [3.05, 3.63) is 62.3 Å². The summed E-state index contributed by atoms with van der Waals surface area (Å²) in [6.07, 6.45) is 0.596. The van der Waals surface area contributed by atoms with E-state index >= 15 is 0 Å². The van der Waals surface area contributed by atoms with Crippen molar-refractivity contribution in [2.24, 2.45) is 5.73 Å². The highest BCUT2D eigenvalue weighted by atomic mass is 79.9. The maximum absolute atomic E-state index is 13.5. The average Bonchev–Trinajstić information content (AvgIpc) is 2.44. The molecule has 0 radical (unpaired) electrons. The number of rotatable bonds is 4. The van der Waals surface area contributed by atoms with Crippen LogP contribution in [0.15, 0.2) is 45.3 Å². The molecule has 2 nitrogen and oxygen atoms in total. The highest BCUT2D eigenvalue weighted by Crippen LogP contribution is 2.27. The number of ether oxygens (including phenoxy) is 1. The van der Waals surface area contributed by atoms with Crippen molar-refractivity contribution in [3.63, 3.8) is 0 Å². The Morgan fingerprint density at radius 2 is 1.85 bits per heavy atom. The maximum Gasteiger partial charge on any atom is 0.137 e. The zero-order valence-electron chi connectivity index (χ0n) is 10.9. The van der Waals surface area contributed by atoms with E-state index in [9.17, 15) is 4.39 Å². The summed E-state index contributed by atoms with van der Waals surface area (Å²) in [5.41, 5.74) is 7.95. The molecule has 0 spiro atoms. The summed E-state index contributed by atoms with van der Waals surface area (Å²) < 4.78 is 20.2. The van der Waals surface area contributed by atoms with Crippen molar-refractivity contribution in [3.8, 4) is 5.75 Å².